The van der Waals surface area contributed by atoms with Gasteiger partial charge in [0, 0.05) is 50.9 Å². The van der Waals surface area contributed by atoms with Gasteiger partial charge in [0.25, 0.3) is 0 Å². The Balaban J connectivity index is 1.85. The van der Waals surface area contributed by atoms with Gasteiger partial charge in [0.05, 0.1) is 0 Å². The maximum Gasteiger partial charge on any atom is 0.223 e. The highest BCUT2D eigenvalue weighted by Gasteiger charge is 2.24. The summed E-state index contributed by atoms with van der Waals surface area (Å²) in [6, 6.07) is 0.504. The highest BCUT2D eigenvalue weighted by atomic mass is 16.2. The molecule has 2 rings (SSSR count). The Kier molecular flexibility index (Phi) is 5.79. The Hall–Kier alpha value is -1.36. The molecule has 1 aromatic heterocycles. The van der Waals surface area contributed by atoms with E-state index in [-0.39, 0.29) is 5.91 Å². The van der Waals surface area contributed by atoms with Crippen LogP contribution in [0.1, 0.15) is 38.4 Å². The summed E-state index contributed by atoms with van der Waals surface area (Å²) < 4.78 is 2.16. The van der Waals surface area contributed by atoms with Crippen LogP contribution in [-0.4, -0.2) is 58.5 Å². The number of likely N-dealkylation sites (tertiary alicyclic amines) is 1. The van der Waals surface area contributed by atoms with Gasteiger partial charge in [-0.25, -0.2) is 4.98 Å². The van der Waals surface area contributed by atoms with Crippen LogP contribution in [0.5, 0.6) is 0 Å². The molecule has 1 amide bonds. The lowest BCUT2D eigenvalue weighted by molar-refractivity contribution is -0.133. The zero-order chi connectivity index (χ0) is 15.2. The van der Waals surface area contributed by atoms with Crippen molar-refractivity contribution in [2.45, 2.75) is 51.6 Å². The van der Waals surface area contributed by atoms with Crippen LogP contribution in [0.3, 0.4) is 0 Å². The van der Waals surface area contributed by atoms with Crippen molar-refractivity contribution in [1.82, 2.24) is 19.4 Å². The molecule has 0 saturated carbocycles. The molecule has 0 radical (unpaired) electrons. The molecule has 5 heteroatoms. The number of amides is 1. The van der Waals surface area contributed by atoms with Gasteiger partial charge >= 0.3 is 0 Å². The van der Waals surface area contributed by atoms with E-state index >= 15 is 0 Å². The maximum absolute atomic E-state index is 12.4. The monoisotopic (exact) mass is 292 g/mol. The minimum atomic E-state index is 0.271. The molecule has 0 aliphatic carbocycles. The van der Waals surface area contributed by atoms with Gasteiger partial charge in [0.1, 0.15) is 5.82 Å². The van der Waals surface area contributed by atoms with Crippen LogP contribution in [0.4, 0.5) is 0 Å². The van der Waals surface area contributed by atoms with Gasteiger partial charge in [-0.15, -0.1) is 0 Å². The summed E-state index contributed by atoms with van der Waals surface area (Å²) >= 11 is 0. The first kappa shape index (κ1) is 16.0. The zero-order valence-electron chi connectivity index (χ0n) is 13.6. The van der Waals surface area contributed by atoms with Crippen molar-refractivity contribution < 1.29 is 4.79 Å². The van der Waals surface area contributed by atoms with Crippen LogP contribution in [0.25, 0.3) is 0 Å². The molecule has 1 saturated heterocycles. The summed E-state index contributed by atoms with van der Waals surface area (Å²) in [6.07, 6.45) is 8.55. The molecule has 0 aromatic carbocycles. The number of carbonyl (C=O) groups is 1. The Morgan fingerprint density at radius 3 is 3.00 bits per heavy atom. The van der Waals surface area contributed by atoms with E-state index in [0.29, 0.717) is 12.5 Å². The van der Waals surface area contributed by atoms with E-state index in [1.54, 1.807) is 0 Å². The molecule has 0 N–H and O–H groups in total. The van der Waals surface area contributed by atoms with Crippen molar-refractivity contribution in [3.63, 3.8) is 0 Å². The molecule has 2 heterocycles. The molecule has 1 aliphatic heterocycles. The smallest absolute Gasteiger partial charge is 0.223 e. The Labute approximate surface area is 127 Å². The number of hydrogen-bond acceptors (Lipinski definition) is 3. The first-order chi connectivity index (χ1) is 10.1. The van der Waals surface area contributed by atoms with E-state index in [1.165, 1.54) is 6.42 Å². The standard InChI is InChI=1S/C16H28N4O/c1-4-10-19-12-9-17-15(19)7-8-16(21)20-11-5-6-14(13-20)18(2)3/h9,12,14H,4-8,10-11,13H2,1-3H3/t14-/m0/s1. The van der Waals surface area contributed by atoms with Crippen LogP contribution in [0.15, 0.2) is 12.4 Å². The van der Waals surface area contributed by atoms with Crippen molar-refractivity contribution in [1.29, 1.82) is 0 Å². The number of nitrogens with zero attached hydrogens (tertiary/aromatic N) is 4. The number of carbonyl (C=O) groups excluding carboxylic acids is 1. The van der Waals surface area contributed by atoms with Crippen LogP contribution in [0, 0.1) is 0 Å². The fourth-order valence-corrected chi connectivity index (χ4v) is 2.99. The lowest BCUT2D eigenvalue weighted by Gasteiger charge is -2.36. The molecule has 118 valence electrons. The van der Waals surface area contributed by atoms with Gasteiger partial charge in [-0.1, -0.05) is 6.92 Å². The number of aryl methyl sites for hydroxylation is 2. The quantitative estimate of drug-likeness (QED) is 0.802. The third kappa shape index (κ3) is 4.30. The number of likely N-dealkylation sites (N-methyl/N-ethyl adjacent to an activating group) is 1. The molecular formula is C16H28N4O. The lowest BCUT2D eigenvalue weighted by atomic mass is 10.0. The first-order valence-electron chi connectivity index (χ1n) is 8.06. The summed E-state index contributed by atoms with van der Waals surface area (Å²) in [5, 5.41) is 0. The minimum absolute atomic E-state index is 0.271. The molecule has 0 bridgehead atoms. The molecule has 21 heavy (non-hydrogen) atoms. The number of hydrogen-bond donors (Lipinski definition) is 0. The van der Waals surface area contributed by atoms with E-state index in [4.69, 9.17) is 0 Å². The van der Waals surface area contributed by atoms with Crippen molar-refractivity contribution in [2.75, 3.05) is 27.2 Å². The third-order valence-corrected chi connectivity index (χ3v) is 4.31. The average molecular weight is 292 g/mol. The van der Waals surface area contributed by atoms with E-state index < -0.39 is 0 Å². The van der Waals surface area contributed by atoms with Crippen molar-refractivity contribution in [2.24, 2.45) is 0 Å². The Bertz CT molecular complexity index is 455. The van der Waals surface area contributed by atoms with Crippen LogP contribution >= 0.6 is 0 Å². The van der Waals surface area contributed by atoms with Gasteiger partial charge in [-0.3, -0.25) is 4.79 Å². The summed E-state index contributed by atoms with van der Waals surface area (Å²) in [5.74, 6) is 1.30. The first-order valence-corrected chi connectivity index (χ1v) is 8.06. The van der Waals surface area contributed by atoms with Crippen LogP contribution < -0.4 is 0 Å². The normalized spacial score (nSPS) is 19.2. The highest BCUT2D eigenvalue weighted by molar-refractivity contribution is 5.76. The molecular weight excluding hydrogens is 264 g/mol. The third-order valence-electron chi connectivity index (χ3n) is 4.31. The van der Waals surface area contributed by atoms with Gasteiger partial charge < -0.3 is 14.4 Å². The van der Waals surface area contributed by atoms with Gasteiger partial charge in [-0.2, -0.15) is 0 Å². The largest absolute Gasteiger partial charge is 0.341 e. The average Bonchev–Trinajstić information content (AvgIpc) is 2.92. The van der Waals surface area contributed by atoms with E-state index in [0.717, 1.165) is 44.7 Å². The van der Waals surface area contributed by atoms with E-state index in [9.17, 15) is 4.79 Å². The predicted octanol–water partition coefficient (Wildman–Crippen LogP) is 1.78. The Morgan fingerprint density at radius 1 is 1.48 bits per heavy atom. The minimum Gasteiger partial charge on any atom is -0.341 e. The molecule has 0 spiro atoms. The molecule has 1 aromatic rings. The summed E-state index contributed by atoms with van der Waals surface area (Å²) in [6.45, 7) is 4.92. The van der Waals surface area contributed by atoms with E-state index in [2.05, 4.69) is 35.5 Å². The number of rotatable bonds is 6. The van der Waals surface area contributed by atoms with Gasteiger partial charge in [0.15, 0.2) is 0 Å². The second-order valence-electron chi connectivity index (χ2n) is 6.14. The molecule has 1 atom stereocenters. The number of imidazole rings is 1. The highest BCUT2D eigenvalue weighted by Crippen LogP contribution is 2.15. The van der Waals surface area contributed by atoms with Gasteiger partial charge in [0.2, 0.25) is 5.91 Å². The summed E-state index contributed by atoms with van der Waals surface area (Å²) in [7, 11) is 4.19. The maximum atomic E-state index is 12.4. The van der Waals surface area contributed by atoms with Crippen LogP contribution in [0.2, 0.25) is 0 Å². The zero-order valence-corrected chi connectivity index (χ0v) is 13.6. The van der Waals surface area contributed by atoms with Gasteiger partial charge in [-0.05, 0) is 33.4 Å². The molecule has 1 fully saturated rings. The van der Waals surface area contributed by atoms with Crippen molar-refractivity contribution in [3.8, 4) is 0 Å². The fourth-order valence-electron chi connectivity index (χ4n) is 2.99. The lowest BCUT2D eigenvalue weighted by Crippen LogP contribution is -2.47. The van der Waals surface area contributed by atoms with Crippen molar-refractivity contribution in [3.05, 3.63) is 18.2 Å². The topological polar surface area (TPSA) is 41.4 Å². The molecule has 1 aliphatic rings. The fraction of sp³-hybridized carbons (Fsp3) is 0.750. The number of aromatic nitrogens is 2. The summed E-state index contributed by atoms with van der Waals surface area (Å²) in [5.41, 5.74) is 0. The number of piperidine rings is 1. The molecule has 0 unspecified atom stereocenters. The SMILES string of the molecule is CCCn1ccnc1CCC(=O)N1CCC[C@H](N(C)C)C1. The second-order valence-corrected chi connectivity index (χ2v) is 6.14. The second kappa shape index (κ2) is 7.59. The van der Waals surface area contributed by atoms with Crippen LogP contribution in [-0.2, 0) is 17.8 Å². The van der Waals surface area contributed by atoms with E-state index in [1.807, 2.05) is 17.3 Å². The predicted molar refractivity (Wildman–Crippen MR) is 84.1 cm³/mol. The Morgan fingerprint density at radius 2 is 2.29 bits per heavy atom. The summed E-state index contributed by atoms with van der Waals surface area (Å²) in [4.78, 5) is 21.0. The van der Waals surface area contributed by atoms with Crippen molar-refractivity contribution >= 4 is 5.91 Å². The molecule has 5 nitrogen and oxygen atoms in total.